The number of aromatic hydroxyl groups is 1. The molecular formula is C20H15N3O3. The van der Waals surface area contributed by atoms with Crippen molar-refractivity contribution in [3.05, 3.63) is 78.6 Å². The van der Waals surface area contributed by atoms with E-state index in [4.69, 9.17) is 4.74 Å². The van der Waals surface area contributed by atoms with Crippen LogP contribution >= 0.6 is 0 Å². The Hall–Kier alpha value is -3.80. The van der Waals surface area contributed by atoms with Crippen LogP contribution in [0.5, 0.6) is 17.2 Å². The first-order chi connectivity index (χ1) is 12.7. The largest absolute Gasteiger partial charge is 0.505 e. The van der Waals surface area contributed by atoms with Crippen LogP contribution in [-0.2, 0) is 0 Å². The molecule has 0 radical (unpaired) electrons. The molecule has 3 aromatic carbocycles. The van der Waals surface area contributed by atoms with Gasteiger partial charge in [0.25, 0.3) is 5.91 Å². The quantitative estimate of drug-likeness (QED) is 0.514. The van der Waals surface area contributed by atoms with E-state index < -0.39 is 5.91 Å². The lowest BCUT2D eigenvalue weighted by molar-refractivity contribution is 0.102. The average molecular weight is 345 g/mol. The number of carbonyl (C=O) groups is 1. The minimum Gasteiger partial charge on any atom is -0.505 e. The number of phenols is 1. The smallest absolute Gasteiger partial charge is 0.259 e. The number of para-hydroxylation sites is 1. The number of nitrogens with zero attached hydrogens (tertiary/aromatic N) is 1. The highest BCUT2D eigenvalue weighted by Gasteiger charge is 2.15. The summed E-state index contributed by atoms with van der Waals surface area (Å²) < 4.78 is 5.72. The molecule has 4 rings (SSSR count). The van der Waals surface area contributed by atoms with Gasteiger partial charge in [-0.3, -0.25) is 4.79 Å². The lowest BCUT2D eigenvalue weighted by atomic mass is 10.1. The van der Waals surface area contributed by atoms with E-state index in [9.17, 15) is 9.90 Å². The van der Waals surface area contributed by atoms with Crippen LogP contribution in [0, 0.1) is 0 Å². The summed E-state index contributed by atoms with van der Waals surface area (Å²) in [6, 6.07) is 19.7. The molecule has 0 aliphatic carbocycles. The number of aromatic nitrogens is 2. The molecule has 1 amide bonds. The summed E-state index contributed by atoms with van der Waals surface area (Å²) >= 11 is 0. The predicted octanol–water partition coefficient (Wildman–Crippen LogP) is 4.31. The van der Waals surface area contributed by atoms with E-state index in [1.54, 1.807) is 36.4 Å². The molecule has 0 aliphatic rings. The highest BCUT2D eigenvalue weighted by Crippen LogP contribution is 2.27. The minimum absolute atomic E-state index is 0.148. The van der Waals surface area contributed by atoms with Gasteiger partial charge in [0.1, 0.15) is 17.0 Å². The number of H-pyrrole nitrogens is 1. The lowest BCUT2D eigenvalue weighted by Crippen LogP contribution is -2.12. The van der Waals surface area contributed by atoms with E-state index in [0.29, 0.717) is 22.5 Å². The summed E-state index contributed by atoms with van der Waals surface area (Å²) in [6.07, 6.45) is 1.47. The molecule has 0 saturated carbocycles. The summed E-state index contributed by atoms with van der Waals surface area (Å²) in [4.78, 5) is 19.3. The Morgan fingerprint density at radius 2 is 1.69 bits per heavy atom. The van der Waals surface area contributed by atoms with Crippen LogP contribution in [0.4, 0.5) is 5.69 Å². The van der Waals surface area contributed by atoms with Crippen molar-refractivity contribution in [3.63, 3.8) is 0 Å². The first-order valence-electron chi connectivity index (χ1n) is 8.00. The molecule has 3 N–H and O–H groups in total. The Morgan fingerprint density at radius 1 is 0.962 bits per heavy atom. The topological polar surface area (TPSA) is 87.2 Å². The summed E-state index contributed by atoms with van der Waals surface area (Å²) in [7, 11) is 0. The molecule has 128 valence electrons. The number of nitrogens with one attached hydrogen (secondary N) is 2. The van der Waals surface area contributed by atoms with Crippen LogP contribution in [0.25, 0.3) is 11.0 Å². The van der Waals surface area contributed by atoms with Gasteiger partial charge in [-0.2, -0.15) is 0 Å². The Kier molecular flexibility index (Phi) is 3.99. The molecular weight excluding hydrogens is 330 g/mol. The third-order valence-electron chi connectivity index (χ3n) is 3.90. The first-order valence-corrected chi connectivity index (χ1v) is 8.00. The van der Waals surface area contributed by atoms with Gasteiger partial charge in [-0.1, -0.05) is 18.2 Å². The normalized spacial score (nSPS) is 10.6. The van der Waals surface area contributed by atoms with E-state index in [1.807, 2.05) is 30.3 Å². The van der Waals surface area contributed by atoms with Gasteiger partial charge in [0.05, 0.1) is 17.4 Å². The number of anilines is 1. The molecule has 6 nitrogen and oxygen atoms in total. The van der Waals surface area contributed by atoms with Crippen molar-refractivity contribution in [1.29, 1.82) is 0 Å². The van der Waals surface area contributed by atoms with E-state index in [0.717, 1.165) is 5.75 Å². The van der Waals surface area contributed by atoms with Gasteiger partial charge in [-0.15, -0.1) is 0 Å². The van der Waals surface area contributed by atoms with E-state index in [-0.39, 0.29) is 11.3 Å². The van der Waals surface area contributed by atoms with Crippen LogP contribution in [-0.4, -0.2) is 21.0 Å². The predicted molar refractivity (Wildman–Crippen MR) is 98.7 cm³/mol. The molecule has 0 aliphatic heterocycles. The molecule has 6 heteroatoms. The van der Waals surface area contributed by atoms with Crippen LogP contribution in [0.1, 0.15) is 10.4 Å². The zero-order chi connectivity index (χ0) is 17.9. The van der Waals surface area contributed by atoms with Crippen LogP contribution in [0.2, 0.25) is 0 Å². The second-order valence-corrected chi connectivity index (χ2v) is 5.65. The van der Waals surface area contributed by atoms with Gasteiger partial charge in [0.2, 0.25) is 0 Å². The van der Waals surface area contributed by atoms with Crippen LogP contribution in [0.15, 0.2) is 73.1 Å². The van der Waals surface area contributed by atoms with Crippen molar-refractivity contribution in [2.45, 2.75) is 0 Å². The van der Waals surface area contributed by atoms with Gasteiger partial charge >= 0.3 is 0 Å². The molecule has 1 aromatic heterocycles. The third kappa shape index (κ3) is 3.08. The number of hydrogen-bond donors (Lipinski definition) is 3. The first kappa shape index (κ1) is 15.7. The monoisotopic (exact) mass is 345 g/mol. The number of aromatic amines is 1. The lowest BCUT2D eigenvalue weighted by Gasteiger charge is -2.09. The van der Waals surface area contributed by atoms with Crippen molar-refractivity contribution >= 4 is 22.6 Å². The number of phenolic OH excluding ortho intramolecular Hbond substituents is 1. The summed E-state index contributed by atoms with van der Waals surface area (Å²) in [5.74, 6) is 0.839. The number of imidazole rings is 1. The van der Waals surface area contributed by atoms with Crippen molar-refractivity contribution in [3.8, 4) is 17.2 Å². The molecule has 0 spiro atoms. The van der Waals surface area contributed by atoms with E-state index >= 15 is 0 Å². The molecule has 4 aromatic rings. The number of benzene rings is 3. The molecule has 0 saturated heterocycles. The highest BCUT2D eigenvalue weighted by molar-refractivity contribution is 6.09. The van der Waals surface area contributed by atoms with E-state index in [1.165, 1.54) is 6.33 Å². The Balaban J connectivity index is 1.49. The Morgan fingerprint density at radius 3 is 2.46 bits per heavy atom. The van der Waals surface area contributed by atoms with Gasteiger partial charge in [0, 0.05) is 5.69 Å². The number of carbonyl (C=O) groups excluding carboxylic acids is 1. The molecule has 0 unspecified atom stereocenters. The third-order valence-corrected chi connectivity index (χ3v) is 3.90. The zero-order valence-corrected chi connectivity index (χ0v) is 13.6. The molecule has 0 fully saturated rings. The van der Waals surface area contributed by atoms with Gasteiger partial charge in [-0.25, -0.2) is 4.98 Å². The number of ether oxygens (including phenoxy) is 1. The van der Waals surface area contributed by atoms with Crippen LogP contribution in [0.3, 0.4) is 0 Å². The van der Waals surface area contributed by atoms with Gasteiger partial charge < -0.3 is 20.1 Å². The maximum absolute atomic E-state index is 12.4. The van der Waals surface area contributed by atoms with Crippen molar-refractivity contribution in [1.82, 2.24) is 9.97 Å². The zero-order valence-electron chi connectivity index (χ0n) is 13.6. The molecule has 26 heavy (non-hydrogen) atoms. The summed E-state index contributed by atoms with van der Waals surface area (Å²) in [5, 5.41) is 13.0. The average Bonchev–Trinajstić information content (AvgIpc) is 3.14. The molecule has 0 bridgehead atoms. The van der Waals surface area contributed by atoms with Crippen molar-refractivity contribution in [2.75, 3.05) is 5.32 Å². The maximum atomic E-state index is 12.4. The SMILES string of the molecule is O=C(Nc1ccc(Oc2ccccc2)cc1)c1ccc2[nH]cnc2c1O. The second kappa shape index (κ2) is 6.60. The summed E-state index contributed by atoms with van der Waals surface area (Å²) in [6.45, 7) is 0. The maximum Gasteiger partial charge on any atom is 0.259 e. The number of rotatable bonds is 4. The molecule has 0 atom stereocenters. The van der Waals surface area contributed by atoms with E-state index in [2.05, 4.69) is 15.3 Å². The van der Waals surface area contributed by atoms with Gasteiger partial charge in [0.15, 0.2) is 5.75 Å². The fourth-order valence-corrected chi connectivity index (χ4v) is 2.61. The fraction of sp³-hybridized carbons (Fsp3) is 0. The fourth-order valence-electron chi connectivity index (χ4n) is 2.61. The number of hydrogen-bond acceptors (Lipinski definition) is 4. The second-order valence-electron chi connectivity index (χ2n) is 5.65. The Labute approximate surface area is 149 Å². The van der Waals surface area contributed by atoms with Crippen LogP contribution < -0.4 is 10.1 Å². The molecule has 1 heterocycles. The Bertz CT molecular complexity index is 1060. The highest BCUT2D eigenvalue weighted by atomic mass is 16.5. The van der Waals surface area contributed by atoms with Crippen molar-refractivity contribution in [2.24, 2.45) is 0 Å². The number of amides is 1. The van der Waals surface area contributed by atoms with Gasteiger partial charge in [-0.05, 0) is 48.5 Å². The van der Waals surface area contributed by atoms with Crippen molar-refractivity contribution < 1.29 is 14.6 Å². The summed E-state index contributed by atoms with van der Waals surface area (Å²) in [5.41, 5.74) is 1.79. The number of fused-ring (bicyclic) bond motifs is 1. The minimum atomic E-state index is -0.413. The standard InChI is InChI=1S/C20H15N3O3/c24-19-16(10-11-17-18(19)22-12-21-17)20(25)23-13-6-8-15(9-7-13)26-14-4-2-1-3-5-14/h1-12,24H,(H,21,22)(H,23,25).